The Morgan fingerprint density at radius 2 is 1.40 bits per heavy atom. The Balaban J connectivity index is 1.45. The van der Waals surface area contributed by atoms with E-state index < -0.39 is 0 Å². The Bertz CT molecular complexity index is 789. The fourth-order valence-electron chi connectivity index (χ4n) is 2.32. The lowest BCUT2D eigenvalue weighted by Gasteiger charge is -2.11. The normalized spacial score (nSPS) is 10.1. The van der Waals surface area contributed by atoms with Crippen molar-refractivity contribution in [3.05, 3.63) is 96.1 Å². The number of nitrogens with one attached hydrogen (secondary N) is 2. The zero-order chi connectivity index (χ0) is 17.3. The van der Waals surface area contributed by atoms with E-state index in [0.29, 0.717) is 18.3 Å². The Morgan fingerprint density at radius 3 is 2.08 bits per heavy atom. The summed E-state index contributed by atoms with van der Waals surface area (Å²) in [5.74, 6) is 0.859. The molecule has 0 spiro atoms. The lowest BCUT2D eigenvalue weighted by molar-refractivity contribution is 0.306. The molecule has 0 heterocycles. The molecule has 0 aliphatic carbocycles. The van der Waals surface area contributed by atoms with Crippen LogP contribution >= 0.6 is 12.2 Å². The Morgan fingerprint density at radius 1 is 0.760 bits per heavy atom. The molecule has 3 nitrogen and oxygen atoms in total. The fraction of sp³-hybridized carbons (Fsp3) is 0.0952. The minimum atomic E-state index is 0.573. The molecule has 3 aromatic carbocycles. The molecule has 0 aliphatic heterocycles. The van der Waals surface area contributed by atoms with E-state index in [4.69, 9.17) is 17.0 Å². The van der Waals surface area contributed by atoms with Crippen LogP contribution < -0.4 is 15.4 Å². The summed E-state index contributed by atoms with van der Waals surface area (Å²) in [7, 11) is 0. The highest BCUT2D eigenvalue weighted by Gasteiger charge is 2.00. The number of benzene rings is 3. The van der Waals surface area contributed by atoms with Gasteiger partial charge in [0.05, 0.1) is 0 Å². The summed E-state index contributed by atoms with van der Waals surface area (Å²) in [4.78, 5) is 0. The first-order valence-corrected chi connectivity index (χ1v) is 8.56. The molecule has 0 radical (unpaired) electrons. The van der Waals surface area contributed by atoms with Gasteiger partial charge in [0.1, 0.15) is 12.4 Å². The van der Waals surface area contributed by atoms with E-state index >= 15 is 0 Å². The molecule has 0 fully saturated rings. The first-order chi connectivity index (χ1) is 12.3. The number of para-hydroxylation sites is 1. The van der Waals surface area contributed by atoms with Gasteiger partial charge < -0.3 is 15.4 Å². The number of ether oxygens (including phenoxy) is 1. The highest BCUT2D eigenvalue weighted by atomic mass is 32.1. The van der Waals surface area contributed by atoms with Crippen molar-refractivity contribution in [1.82, 2.24) is 5.32 Å². The largest absolute Gasteiger partial charge is 0.489 e. The van der Waals surface area contributed by atoms with E-state index in [1.807, 2.05) is 72.8 Å². The second-order valence-electron chi connectivity index (χ2n) is 5.59. The van der Waals surface area contributed by atoms with Gasteiger partial charge in [0, 0.05) is 12.2 Å². The first-order valence-electron chi connectivity index (χ1n) is 8.15. The molecule has 0 saturated heterocycles. The lowest BCUT2D eigenvalue weighted by Crippen LogP contribution is -2.27. The molecular weight excluding hydrogens is 328 g/mol. The molecule has 3 rings (SSSR count). The summed E-state index contributed by atoms with van der Waals surface area (Å²) in [6.45, 7) is 1.24. The Hall–Kier alpha value is -2.85. The van der Waals surface area contributed by atoms with Gasteiger partial charge >= 0.3 is 0 Å². The van der Waals surface area contributed by atoms with Gasteiger partial charge in [-0.15, -0.1) is 0 Å². The van der Waals surface area contributed by atoms with Crippen molar-refractivity contribution in [3.63, 3.8) is 0 Å². The van der Waals surface area contributed by atoms with E-state index in [2.05, 4.69) is 22.8 Å². The van der Waals surface area contributed by atoms with Crippen LogP contribution in [-0.4, -0.2) is 5.11 Å². The van der Waals surface area contributed by atoms with Crippen molar-refractivity contribution in [3.8, 4) is 5.75 Å². The highest BCUT2D eigenvalue weighted by molar-refractivity contribution is 7.80. The van der Waals surface area contributed by atoms with E-state index in [9.17, 15) is 0 Å². The predicted molar refractivity (Wildman–Crippen MR) is 107 cm³/mol. The quantitative estimate of drug-likeness (QED) is 0.630. The zero-order valence-corrected chi connectivity index (χ0v) is 14.6. The third kappa shape index (κ3) is 5.62. The standard InChI is InChI=1S/C21H20N2OS/c25-21(23-19-9-5-2-6-10-19)22-15-17-11-13-20(14-12-17)24-16-18-7-3-1-4-8-18/h1-14H,15-16H2,(H2,22,23,25). The van der Waals surface area contributed by atoms with E-state index in [1.54, 1.807) is 0 Å². The van der Waals surface area contributed by atoms with Gasteiger partial charge in [0.25, 0.3) is 0 Å². The molecule has 0 saturated carbocycles. The second-order valence-corrected chi connectivity index (χ2v) is 6.00. The third-order valence-electron chi connectivity index (χ3n) is 3.66. The third-order valence-corrected chi connectivity index (χ3v) is 3.90. The van der Waals surface area contributed by atoms with Crippen molar-refractivity contribution in [2.24, 2.45) is 0 Å². The summed E-state index contributed by atoms with van der Waals surface area (Å²) in [5.41, 5.74) is 3.28. The van der Waals surface area contributed by atoms with Gasteiger partial charge in [0.15, 0.2) is 5.11 Å². The molecule has 0 unspecified atom stereocenters. The monoisotopic (exact) mass is 348 g/mol. The van der Waals surface area contributed by atoms with Crippen molar-refractivity contribution in [2.75, 3.05) is 5.32 Å². The maximum atomic E-state index is 5.79. The molecule has 2 N–H and O–H groups in total. The van der Waals surface area contributed by atoms with Gasteiger partial charge in [0.2, 0.25) is 0 Å². The minimum absolute atomic E-state index is 0.573. The molecule has 25 heavy (non-hydrogen) atoms. The van der Waals surface area contributed by atoms with Crippen molar-refractivity contribution in [1.29, 1.82) is 0 Å². The van der Waals surface area contributed by atoms with Crippen molar-refractivity contribution in [2.45, 2.75) is 13.2 Å². The molecule has 0 aromatic heterocycles. The topological polar surface area (TPSA) is 33.3 Å². The molecule has 4 heteroatoms. The van der Waals surface area contributed by atoms with Gasteiger partial charge in [-0.2, -0.15) is 0 Å². The average molecular weight is 348 g/mol. The Labute approximate surface area is 153 Å². The zero-order valence-electron chi connectivity index (χ0n) is 13.8. The molecule has 126 valence electrons. The number of rotatable bonds is 6. The molecule has 0 amide bonds. The smallest absolute Gasteiger partial charge is 0.171 e. The van der Waals surface area contributed by atoms with Gasteiger partial charge in [-0.3, -0.25) is 0 Å². The molecule has 3 aromatic rings. The number of anilines is 1. The SMILES string of the molecule is S=C(NCc1ccc(OCc2ccccc2)cc1)Nc1ccccc1. The van der Waals surface area contributed by atoms with Crippen LogP contribution in [0.4, 0.5) is 5.69 Å². The summed E-state index contributed by atoms with van der Waals surface area (Å²) < 4.78 is 5.79. The number of hydrogen-bond acceptors (Lipinski definition) is 2. The second kappa shape index (κ2) is 8.85. The number of hydrogen-bond donors (Lipinski definition) is 2. The van der Waals surface area contributed by atoms with Crippen molar-refractivity contribution >= 4 is 23.0 Å². The number of thiocarbonyl (C=S) groups is 1. The van der Waals surface area contributed by atoms with Crippen LogP contribution in [0.5, 0.6) is 5.75 Å². The molecule has 0 atom stereocenters. The Kier molecular flexibility index (Phi) is 6.01. The van der Waals surface area contributed by atoms with Crippen LogP contribution in [0.25, 0.3) is 0 Å². The van der Waals surface area contributed by atoms with E-state index in [0.717, 1.165) is 22.6 Å². The van der Waals surface area contributed by atoms with E-state index in [1.165, 1.54) is 0 Å². The van der Waals surface area contributed by atoms with E-state index in [-0.39, 0.29) is 0 Å². The predicted octanol–water partition coefficient (Wildman–Crippen LogP) is 4.75. The van der Waals surface area contributed by atoms with Gasteiger partial charge in [-0.1, -0.05) is 60.7 Å². The van der Waals surface area contributed by atoms with Crippen molar-refractivity contribution < 1.29 is 4.74 Å². The van der Waals surface area contributed by atoms with Crippen LogP contribution in [0, 0.1) is 0 Å². The van der Waals surface area contributed by atoms with Gasteiger partial charge in [-0.25, -0.2) is 0 Å². The van der Waals surface area contributed by atoms with Crippen LogP contribution in [0.3, 0.4) is 0 Å². The van der Waals surface area contributed by atoms with Crippen LogP contribution in [0.1, 0.15) is 11.1 Å². The van der Waals surface area contributed by atoms with Crippen LogP contribution in [-0.2, 0) is 13.2 Å². The summed E-state index contributed by atoms with van der Waals surface area (Å²) in [6.07, 6.45) is 0. The maximum absolute atomic E-state index is 5.79. The molecule has 0 aliphatic rings. The minimum Gasteiger partial charge on any atom is -0.489 e. The molecular formula is C21H20N2OS. The summed E-state index contributed by atoms with van der Waals surface area (Å²) in [5, 5.41) is 6.97. The van der Waals surface area contributed by atoms with Crippen LogP contribution in [0.2, 0.25) is 0 Å². The van der Waals surface area contributed by atoms with Gasteiger partial charge in [-0.05, 0) is 47.6 Å². The summed E-state index contributed by atoms with van der Waals surface area (Å²) >= 11 is 5.31. The lowest BCUT2D eigenvalue weighted by atomic mass is 10.2. The highest BCUT2D eigenvalue weighted by Crippen LogP contribution is 2.14. The maximum Gasteiger partial charge on any atom is 0.171 e. The van der Waals surface area contributed by atoms with Crippen LogP contribution in [0.15, 0.2) is 84.9 Å². The average Bonchev–Trinajstić information content (AvgIpc) is 2.67. The summed E-state index contributed by atoms with van der Waals surface area (Å²) in [6, 6.07) is 28.1. The fourth-order valence-corrected chi connectivity index (χ4v) is 2.51. The first kappa shape index (κ1) is 17.0. The molecule has 0 bridgehead atoms.